The molecule has 1 fully saturated rings. The molecule has 2 aromatic carbocycles. The molecule has 0 bridgehead atoms. The van der Waals surface area contributed by atoms with Crippen LogP contribution in [0.5, 0.6) is 0 Å². The van der Waals surface area contributed by atoms with Crippen LogP contribution in [-0.2, 0) is 84.8 Å². The van der Waals surface area contributed by atoms with Crippen LogP contribution in [0, 0.1) is 28.1 Å². The molecule has 42 nitrogen and oxygen atoms in total. The molecular weight excluding hydrogens is 1510 g/mol. The lowest BCUT2D eigenvalue weighted by atomic mass is 9.96. The first kappa shape index (κ1) is 95.1. The Morgan fingerprint density at radius 2 is 1.00 bits per heavy atom. The van der Waals surface area contributed by atoms with E-state index in [-0.39, 0.29) is 83.8 Å². The molecule has 0 aliphatic carbocycles. The SMILES string of the molecule is CC[C@H](C)[C@@H]1NC(=O)C(CCCNC(=N)N)NC(=O)CNC(=O)CNC(=O)C(Cc2ccccc2)NC(=O)[C@@H](NC(=O)[C@H](CO)NC(=O)[C@@H](N)CO)CSSCC(C(=O)N[C@@H](Cc2ccccc2)C(=O)N[C@@H](CCCNC(=N)N)C(=O)O)NC(=O)[C@H]([C@@H](C)CC)NC(=O)[C@H](CCCNC(=N)N)NC(=O)C(CC(=O)O)NC1=O. The van der Waals surface area contributed by atoms with Crippen molar-refractivity contribution >= 4 is 128 Å². The van der Waals surface area contributed by atoms with Crippen molar-refractivity contribution in [2.45, 2.75) is 171 Å². The molecule has 1 heterocycles. The third kappa shape index (κ3) is 35.7. The van der Waals surface area contributed by atoms with Crippen LogP contribution in [0.1, 0.15) is 96.6 Å². The zero-order chi connectivity index (χ0) is 83.6. The molecule has 1 saturated heterocycles. The molecule has 0 radical (unpaired) electrons. The van der Waals surface area contributed by atoms with Gasteiger partial charge in [0.25, 0.3) is 0 Å². The van der Waals surface area contributed by atoms with Crippen molar-refractivity contribution in [2.75, 3.05) is 57.4 Å². The second kappa shape index (κ2) is 50.6. The van der Waals surface area contributed by atoms with Crippen molar-refractivity contribution in [3.05, 3.63) is 71.8 Å². The Hall–Kier alpha value is -11.1. The van der Waals surface area contributed by atoms with Crippen LogP contribution in [0.4, 0.5) is 0 Å². The smallest absolute Gasteiger partial charge is 0.326 e. The molecule has 1 aliphatic heterocycles. The number of aliphatic hydroxyl groups excluding tert-OH is 2. The molecule has 13 amide bonds. The number of nitrogens with one attached hydrogen (secondary N) is 19. The highest BCUT2D eigenvalue weighted by molar-refractivity contribution is 8.76. The largest absolute Gasteiger partial charge is 0.481 e. The van der Waals surface area contributed by atoms with Crippen molar-refractivity contribution in [2.24, 2.45) is 34.8 Å². The monoisotopic (exact) mass is 1610 g/mol. The van der Waals surface area contributed by atoms with Crippen LogP contribution < -0.4 is 108 Å². The summed E-state index contributed by atoms with van der Waals surface area (Å²) in [5, 5.41) is 103. The average molecular weight is 1610 g/mol. The summed E-state index contributed by atoms with van der Waals surface area (Å²) in [5.74, 6) is -21.2. The predicted octanol–water partition coefficient (Wildman–Crippen LogP) is -7.81. The van der Waals surface area contributed by atoms with Crippen molar-refractivity contribution in [3.8, 4) is 0 Å². The fourth-order valence-corrected chi connectivity index (χ4v) is 12.9. The number of carboxylic acids is 2. The maximum Gasteiger partial charge on any atom is 0.326 e. The van der Waals surface area contributed by atoms with Gasteiger partial charge in [0.2, 0.25) is 76.8 Å². The van der Waals surface area contributed by atoms with Gasteiger partial charge < -0.3 is 128 Å². The lowest BCUT2D eigenvalue weighted by molar-refractivity contribution is -0.142. The topological polar surface area (TPSA) is 705 Å². The molecule has 4 unspecified atom stereocenters. The summed E-state index contributed by atoms with van der Waals surface area (Å²) in [6.07, 6.45) is -2.06. The molecule has 14 atom stereocenters. The second-order valence-electron chi connectivity index (χ2n) is 26.2. The Morgan fingerprint density at radius 1 is 0.518 bits per heavy atom. The lowest BCUT2D eigenvalue weighted by Gasteiger charge is -2.30. The zero-order valence-electron chi connectivity index (χ0n) is 62.5. The predicted molar refractivity (Wildman–Crippen MR) is 411 cm³/mol. The van der Waals surface area contributed by atoms with Crippen LogP contribution in [0.15, 0.2) is 60.7 Å². The fourth-order valence-electron chi connectivity index (χ4n) is 10.6. The van der Waals surface area contributed by atoms with E-state index in [0.717, 1.165) is 21.6 Å². The second-order valence-corrected chi connectivity index (χ2v) is 28.7. The van der Waals surface area contributed by atoms with Crippen molar-refractivity contribution in [1.29, 1.82) is 16.2 Å². The minimum Gasteiger partial charge on any atom is -0.481 e. The van der Waals surface area contributed by atoms with Gasteiger partial charge in [-0.1, -0.05) is 123 Å². The molecule has 620 valence electrons. The van der Waals surface area contributed by atoms with Gasteiger partial charge in [0.15, 0.2) is 17.9 Å². The van der Waals surface area contributed by atoms with Crippen molar-refractivity contribution in [3.63, 3.8) is 0 Å². The summed E-state index contributed by atoms with van der Waals surface area (Å²) in [6, 6.07) is -4.03. The van der Waals surface area contributed by atoms with E-state index in [9.17, 15) is 82.8 Å². The lowest BCUT2D eigenvalue weighted by Crippen LogP contribution is -2.62. The van der Waals surface area contributed by atoms with Gasteiger partial charge in [-0.05, 0) is 61.5 Å². The first-order valence-electron chi connectivity index (χ1n) is 36.0. The summed E-state index contributed by atoms with van der Waals surface area (Å²) in [7, 11) is 1.50. The van der Waals surface area contributed by atoms with Crippen LogP contribution >= 0.6 is 21.6 Å². The van der Waals surface area contributed by atoms with Gasteiger partial charge >= 0.3 is 11.9 Å². The molecule has 2 aromatic rings. The van der Waals surface area contributed by atoms with Gasteiger partial charge in [-0.15, -0.1) is 0 Å². The number of benzene rings is 2. The first-order chi connectivity index (χ1) is 53.1. The van der Waals surface area contributed by atoms with Crippen LogP contribution in [0.2, 0.25) is 0 Å². The third-order valence-electron chi connectivity index (χ3n) is 17.3. The van der Waals surface area contributed by atoms with Crippen LogP contribution in [-0.4, -0.2) is 257 Å². The molecular formula is C68H107N23O19S2. The van der Waals surface area contributed by atoms with E-state index in [1.807, 2.05) is 0 Å². The Kier molecular flexibility index (Phi) is 43.0. The Bertz CT molecular complexity index is 3560. The number of amides is 13. The van der Waals surface area contributed by atoms with E-state index >= 15 is 9.59 Å². The molecule has 1 aliphatic rings. The van der Waals surface area contributed by atoms with E-state index in [2.05, 4.69) is 85.1 Å². The molecule has 31 N–H and O–H groups in total. The number of guanidine groups is 3. The zero-order valence-corrected chi connectivity index (χ0v) is 64.2. The van der Waals surface area contributed by atoms with E-state index in [4.69, 9.17) is 39.2 Å². The summed E-state index contributed by atoms with van der Waals surface area (Å²) in [4.78, 5) is 211. The number of carbonyl (C=O) groups is 15. The molecule has 0 aromatic heterocycles. The summed E-state index contributed by atoms with van der Waals surface area (Å²) in [6.45, 7) is 2.62. The summed E-state index contributed by atoms with van der Waals surface area (Å²) < 4.78 is 0. The number of rotatable bonds is 33. The maximum absolute atomic E-state index is 15.2. The third-order valence-corrected chi connectivity index (χ3v) is 19.7. The molecule has 0 spiro atoms. The molecule has 3 rings (SSSR count). The van der Waals surface area contributed by atoms with Gasteiger partial charge in [0, 0.05) is 44.0 Å². The highest BCUT2D eigenvalue weighted by Gasteiger charge is 2.39. The minimum atomic E-state index is -2.01. The van der Waals surface area contributed by atoms with Gasteiger partial charge in [-0.2, -0.15) is 0 Å². The normalized spacial score (nSPS) is 21.4. The fraction of sp³-hybridized carbons (Fsp3) is 0.559. The number of nitrogens with two attached hydrogens (primary N) is 4. The molecule has 44 heteroatoms. The van der Waals surface area contributed by atoms with Gasteiger partial charge in [0.1, 0.15) is 72.5 Å². The highest BCUT2D eigenvalue weighted by atomic mass is 33.1. The number of hydrogen-bond donors (Lipinski definition) is 27. The number of aliphatic carboxylic acids is 2. The van der Waals surface area contributed by atoms with Gasteiger partial charge in [-0.25, -0.2) is 4.79 Å². The number of carboxylic acid groups (broad SMARTS) is 2. The molecule has 0 saturated carbocycles. The van der Waals surface area contributed by atoms with Gasteiger partial charge in [0.05, 0.1) is 32.7 Å². The summed E-state index contributed by atoms with van der Waals surface area (Å²) >= 11 is 0. The Morgan fingerprint density at radius 3 is 1.52 bits per heavy atom. The highest BCUT2D eigenvalue weighted by Crippen LogP contribution is 2.25. The number of carbonyl (C=O) groups excluding carboxylic acids is 13. The van der Waals surface area contributed by atoms with Crippen LogP contribution in [0.25, 0.3) is 0 Å². The van der Waals surface area contributed by atoms with E-state index in [0.29, 0.717) is 11.1 Å². The maximum atomic E-state index is 15.2. The Labute approximate surface area is 653 Å². The number of aliphatic hydroxyl groups is 2. The van der Waals surface area contributed by atoms with Crippen molar-refractivity contribution < 1.29 is 92.3 Å². The number of hydrogen-bond acceptors (Lipinski definition) is 23. The standard InChI is InChI=1S/C68H107N23O19S2/c1-5-35(3)52-63(107)86-45(28-51(96)97)59(103)82-41(21-14-24-77-67(72)73)57(101)91-53(36(4)6-2)64(108)89-48(62(106)85-44(27-38-18-11-8-12-19-38)58(102)83-42(65(109)110)22-15-25-78-68(74)75)34-112-111-33-47(88-60(104)46(32-93)87-54(98)39(69)31-92)61(105)84-43(26-37-16-9-7-10-17-37)55(99)80-29-49(94)79-30-50(95)81-40(56(100)90-52)20-13-23-76-66(70)71/h7-12,16-19,35-36,39-48,52-53,92-93H,5-6,13-15,20-34,69H2,1-4H3,(H,79,94)(H,80,99)(H,81,95)(H,82,103)(H,83,102)(H,84,105)(H,85,106)(H,86,107)(H,87,98)(H,88,104)(H,89,108)(H,90,100)(H,91,101)(H,96,97)(H,109,110)(H4,70,71,76)(H4,72,73,77)(H4,74,75,78)/t35-,36-,39-,40?,41-,42-,43?,44-,45?,46-,47-,48?,52-,53-/m0/s1. The van der Waals surface area contributed by atoms with Gasteiger partial charge in [-0.3, -0.25) is 83.4 Å². The minimum absolute atomic E-state index is 0.000731. The average Bonchev–Trinajstić information content (AvgIpc) is 0.869. The van der Waals surface area contributed by atoms with E-state index in [1.165, 1.54) is 13.8 Å². The van der Waals surface area contributed by atoms with E-state index < -0.39 is 235 Å². The first-order valence-corrected chi connectivity index (χ1v) is 38.5. The van der Waals surface area contributed by atoms with Crippen molar-refractivity contribution in [1.82, 2.24) is 85.1 Å². The molecule has 112 heavy (non-hydrogen) atoms. The quantitative estimate of drug-likeness (QED) is 0.0137. The Balaban J connectivity index is 2.38. The van der Waals surface area contributed by atoms with E-state index in [1.54, 1.807) is 74.5 Å². The van der Waals surface area contributed by atoms with Crippen LogP contribution in [0.3, 0.4) is 0 Å². The summed E-state index contributed by atoms with van der Waals surface area (Å²) in [5.41, 5.74) is 23.0.